The molecule has 2 rings (SSSR count). The van der Waals surface area contributed by atoms with E-state index >= 15 is 0 Å². The van der Waals surface area contributed by atoms with E-state index in [0.717, 1.165) is 37.0 Å². The summed E-state index contributed by atoms with van der Waals surface area (Å²) in [6.45, 7) is 2.24. The molecule has 2 unspecified atom stereocenters. The molecule has 0 aromatic carbocycles. The van der Waals surface area contributed by atoms with Crippen LogP contribution in [0.2, 0.25) is 0 Å². The Labute approximate surface area is 127 Å². The number of thiophene rings is 1. The Hall–Kier alpha value is -0.590. The fraction of sp³-hybridized carbons (Fsp3) is 0.615. The van der Waals surface area contributed by atoms with Crippen LogP contribution in [0.5, 0.6) is 0 Å². The second-order valence-electron chi connectivity index (χ2n) is 5.38. The highest BCUT2D eigenvalue weighted by atomic mass is 35.7. The standard InChI is InChI=1S/C13H18ClNO3S2/c1-9-3-2-4-11(6-5-9)15-13(16)10-7-12(19-8-10)20(14,17)18/h7-9,11H,2-6H2,1H3,(H,15,16). The Morgan fingerprint density at radius 1 is 1.35 bits per heavy atom. The van der Waals surface area contributed by atoms with Gasteiger partial charge in [-0.25, -0.2) is 8.42 Å². The Morgan fingerprint density at radius 2 is 2.10 bits per heavy atom. The minimum atomic E-state index is -3.75. The van der Waals surface area contributed by atoms with Crippen LogP contribution < -0.4 is 5.32 Å². The molecular formula is C13H18ClNO3S2. The summed E-state index contributed by atoms with van der Waals surface area (Å²) in [6.07, 6.45) is 5.42. The molecule has 112 valence electrons. The maximum atomic E-state index is 12.1. The van der Waals surface area contributed by atoms with Crippen molar-refractivity contribution in [3.05, 3.63) is 17.0 Å². The Morgan fingerprint density at radius 3 is 2.75 bits per heavy atom. The summed E-state index contributed by atoms with van der Waals surface area (Å²) in [6, 6.07) is 1.52. The van der Waals surface area contributed by atoms with Gasteiger partial charge >= 0.3 is 0 Å². The van der Waals surface area contributed by atoms with E-state index in [1.165, 1.54) is 17.9 Å². The van der Waals surface area contributed by atoms with E-state index in [-0.39, 0.29) is 16.2 Å². The molecule has 1 aliphatic rings. The zero-order valence-electron chi connectivity index (χ0n) is 11.3. The lowest BCUT2D eigenvalue weighted by Crippen LogP contribution is -2.34. The fourth-order valence-electron chi connectivity index (χ4n) is 2.46. The SMILES string of the molecule is CC1CCCC(NC(=O)c2csc(S(=O)(=O)Cl)c2)CC1. The molecule has 1 heterocycles. The van der Waals surface area contributed by atoms with Crippen LogP contribution in [-0.2, 0) is 9.05 Å². The molecule has 1 fully saturated rings. The predicted molar refractivity (Wildman–Crippen MR) is 80.9 cm³/mol. The van der Waals surface area contributed by atoms with Crippen molar-refractivity contribution in [3.63, 3.8) is 0 Å². The van der Waals surface area contributed by atoms with Gasteiger partial charge < -0.3 is 5.32 Å². The molecule has 1 N–H and O–H groups in total. The molecule has 1 aromatic rings. The van der Waals surface area contributed by atoms with Crippen molar-refractivity contribution in [2.75, 3.05) is 0 Å². The maximum absolute atomic E-state index is 12.1. The average molecular weight is 336 g/mol. The van der Waals surface area contributed by atoms with Crippen LogP contribution in [0, 0.1) is 5.92 Å². The Bertz CT molecular complexity index is 582. The van der Waals surface area contributed by atoms with Gasteiger partial charge in [0.25, 0.3) is 15.0 Å². The van der Waals surface area contributed by atoms with Gasteiger partial charge in [-0.15, -0.1) is 11.3 Å². The average Bonchev–Trinajstić information content (AvgIpc) is 2.77. The van der Waals surface area contributed by atoms with Crippen LogP contribution in [0.1, 0.15) is 49.4 Å². The molecular weight excluding hydrogens is 318 g/mol. The molecule has 0 radical (unpaired) electrons. The highest BCUT2D eigenvalue weighted by molar-refractivity contribution is 8.15. The van der Waals surface area contributed by atoms with E-state index < -0.39 is 9.05 Å². The monoisotopic (exact) mass is 335 g/mol. The van der Waals surface area contributed by atoms with Crippen molar-refractivity contribution in [1.29, 1.82) is 0 Å². The number of rotatable bonds is 3. The van der Waals surface area contributed by atoms with E-state index in [1.54, 1.807) is 0 Å². The lowest BCUT2D eigenvalue weighted by Gasteiger charge is -2.15. The third-order valence-electron chi connectivity index (χ3n) is 3.67. The van der Waals surface area contributed by atoms with Gasteiger partial charge in [0.2, 0.25) is 0 Å². The molecule has 2 atom stereocenters. The number of carbonyl (C=O) groups excluding carboxylic acids is 1. The van der Waals surface area contributed by atoms with Gasteiger partial charge in [-0.1, -0.05) is 19.8 Å². The summed E-state index contributed by atoms with van der Waals surface area (Å²) in [7, 11) is 1.51. The number of halogens is 1. The van der Waals surface area contributed by atoms with Crippen LogP contribution >= 0.6 is 22.0 Å². The molecule has 0 spiro atoms. The number of hydrogen-bond donors (Lipinski definition) is 1. The van der Waals surface area contributed by atoms with Gasteiger partial charge in [0.05, 0.1) is 5.56 Å². The molecule has 7 heteroatoms. The molecule has 4 nitrogen and oxygen atoms in total. The largest absolute Gasteiger partial charge is 0.349 e. The number of amides is 1. The molecule has 1 aromatic heterocycles. The zero-order valence-corrected chi connectivity index (χ0v) is 13.7. The van der Waals surface area contributed by atoms with Crippen LogP contribution in [0.4, 0.5) is 0 Å². The molecule has 1 saturated carbocycles. The van der Waals surface area contributed by atoms with Crippen molar-refractivity contribution in [3.8, 4) is 0 Å². The van der Waals surface area contributed by atoms with Crippen LogP contribution in [-0.4, -0.2) is 20.4 Å². The highest BCUT2D eigenvalue weighted by Gasteiger charge is 2.21. The van der Waals surface area contributed by atoms with Gasteiger partial charge in [0.1, 0.15) is 4.21 Å². The summed E-state index contributed by atoms with van der Waals surface area (Å²) < 4.78 is 22.4. The molecule has 0 bridgehead atoms. The number of carbonyl (C=O) groups is 1. The zero-order chi connectivity index (χ0) is 14.8. The van der Waals surface area contributed by atoms with E-state index in [4.69, 9.17) is 10.7 Å². The minimum Gasteiger partial charge on any atom is -0.349 e. The van der Waals surface area contributed by atoms with E-state index in [0.29, 0.717) is 11.5 Å². The van der Waals surface area contributed by atoms with Crippen LogP contribution in [0.3, 0.4) is 0 Å². The maximum Gasteiger partial charge on any atom is 0.270 e. The summed E-state index contributed by atoms with van der Waals surface area (Å²) in [5, 5.41) is 4.52. The topological polar surface area (TPSA) is 63.2 Å². The van der Waals surface area contributed by atoms with Crippen LogP contribution in [0.15, 0.2) is 15.7 Å². The van der Waals surface area contributed by atoms with Gasteiger partial charge in [-0.3, -0.25) is 4.79 Å². The minimum absolute atomic E-state index is 0.0128. The molecule has 20 heavy (non-hydrogen) atoms. The highest BCUT2D eigenvalue weighted by Crippen LogP contribution is 2.25. The third kappa shape index (κ3) is 4.20. The molecule has 0 aliphatic heterocycles. The Balaban J connectivity index is 1.99. The van der Waals surface area contributed by atoms with Gasteiger partial charge in [-0.2, -0.15) is 0 Å². The second-order valence-corrected chi connectivity index (χ2v) is 9.08. The lowest BCUT2D eigenvalue weighted by atomic mass is 10.0. The van der Waals surface area contributed by atoms with E-state index in [2.05, 4.69) is 12.2 Å². The fourth-order valence-corrected chi connectivity index (χ4v) is 4.41. The quantitative estimate of drug-likeness (QED) is 0.680. The summed E-state index contributed by atoms with van der Waals surface area (Å²) in [5.74, 6) is 0.499. The first-order valence-corrected chi connectivity index (χ1v) is 9.89. The third-order valence-corrected chi connectivity index (χ3v) is 6.71. The number of nitrogens with one attached hydrogen (secondary N) is 1. The molecule has 1 amide bonds. The first-order chi connectivity index (χ1) is 9.36. The second kappa shape index (κ2) is 6.45. The van der Waals surface area contributed by atoms with Gasteiger partial charge in [0.15, 0.2) is 0 Å². The Kier molecular flexibility index (Phi) is 5.09. The van der Waals surface area contributed by atoms with Crippen molar-refractivity contribution >= 4 is 37.0 Å². The van der Waals surface area contributed by atoms with Crippen molar-refractivity contribution in [2.45, 2.75) is 49.3 Å². The van der Waals surface area contributed by atoms with Crippen molar-refractivity contribution in [2.24, 2.45) is 5.92 Å². The van der Waals surface area contributed by atoms with Gasteiger partial charge in [0, 0.05) is 22.1 Å². The van der Waals surface area contributed by atoms with Crippen molar-refractivity contribution < 1.29 is 13.2 Å². The van der Waals surface area contributed by atoms with Crippen molar-refractivity contribution in [1.82, 2.24) is 5.32 Å². The first-order valence-electron chi connectivity index (χ1n) is 6.70. The molecule has 0 saturated heterocycles. The lowest BCUT2D eigenvalue weighted by molar-refractivity contribution is 0.0933. The van der Waals surface area contributed by atoms with Crippen LogP contribution in [0.25, 0.3) is 0 Å². The normalized spacial score (nSPS) is 24.1. The van der Waals surface area contributed by atoms with Gasteiger partial charge in [-0.05, 0) is 31.2 Å². The van der Waals surface area contributed by atoms with E-state index in [9.17, 15) is 13.2 Å². The smallest absolute Gasteiger partial charge is 0.270 e. The first kappa shape index (κ1) is 15.8. The summed E-state index contributed by atoms with van der Waals surface area (Å²) in [4.78, 5) is 12.1. The number of hydrogen-bond acceptors (Lipinski definition) is 4. The summed E-state index contributed by atoms with van der Waals surface area (Å²) >= 11 is 0.971. The predicted octanol–water partition coefficient (Wildman–Crippen LogP) is 3.37. The molecule has 1 aliphatic carbocycles. The summed E-state index contributed by atoms with van der Waals surface area (Å²) in [5.41, 5.74) is 0.367. The van der Waals surface area contributed by atoms with E-state index in [1.807, 2.05) is 0 Å².